The number of urea groups is 1. The zero-order valence-corrected chi connectivity index (χ0v) is 14.6. The van der Waals surface area contributed by atoms with E-state index >= 15 is 0 Å². The second-order valence-electron chi connectivity index (χ2n) is 5.79. The number of imide groups is 1. The molecule has 2 rings (SSSR count). The second kappa shape index (κ2) is 7.52. The normalized spacial score (nSPS) is 12.6. The fourth-order valence-electron chi connectivity index (χ4n) is 2.09. The summed E-state index contributed by atoms with van der Waals surface area (Å²) in [6, 6.07) is 7.47. The smallest absolute Gasteiger partial charge is 0.321 e. The minimum absolute atomic E-state index is 0.00805. The molecule has 2 aromatic rings. The molecule has 0 aliphatic carbocycles. The number of fused-ring (bicyclic) bond motifs is 1. The van der Waals surface area contributed by atoms with Gasteiger partial charge in [-0.15, -0.1) is 11.3 Å². The van der Waals surface area contributed by atoms with E-state index in [4.69, 9.17) is 0 Å². The van der Waals surface area contributed by atoms with E-state index in [1.165, 1.54) is 0 Å². The maximum absolute atomic E-state index is 11.9. The molecule has 3 amide bonds. The van der Waals surface area contributed by atoms with E-state index in [1.807, 2.05) is 57.0 Å². The van der Waals surface area contributed by atoms with Gasteiger partial charge in [0, 0.05) is 6.04 Å². The first-order valence-corrected chi connectivity index (χ1v) is 8.34. The number of nitrogens with zero attached hydrogens (tertiary/aromatic N) is 2. The highest BCUT2D eigenvalue weighted by Gasteiger charge is 2.19. The summed E-state index contributed by atoms with van der Waals surface area (Å²) in [6.45, 7) is 5.80. The molecular weight excluding hydrogens is 312 g/mol. The molecule has 6 nitrogen and oxygen atoms in total. The Balaban J connectivity index is 1.95. The summed E-state index contributed by atoms with van der Waals surface area (Å²) in [5, 5.41) is 5.91. The third-order valence-electron chi connectivity index (χ3n) is 3.39. The van der Waals surface area contributed by atoms with Crippen molar-refractivity contribution in [2.24, 2.45) is 0 Å². The molecule has 124 valence electrons. The molecule has 1 heterocycles. The Bertz CT molecular complexity index is 665. The topological polar surface area (TPSA) is 74.3 Å². The van der Waals surface area contributed by atoms with Gasteiger partial charge in [-0.3, -0.25) is 15.0 Å². The highest BCUT2D eigenvalue weighted by Crippen LogP contribution is 2.28. The molecule has 0 saturated carbocycles. The molecule has 0 bridgehead atoms. The minimum atomic E-state index is -0.467. The van der Waals surface area contributed by atoms with Crippen molar-refractivity contribution in [2.45, 2.75) is 32.9 Å². The number of amides is 3. The van der Waals surface area contributed by atoms with E-state index in [0.29, 0.717) is 0 Å². The first-order valence-electron chi connectivity index (χ1n) is 7.53. The van der Waals surface area contributed by atoms with Crippen LogP contribution in [0.1, 0.15) is 31.8 Å². The van der Waals surface area contributed by atoms with Crippen LogP contribution < -0.4 is 10.6 Å². The van der Waals surface area contributed by atoms with Crippen molar-refractivity contribution < 1.29 is 9.59 Å². The predicted octanol–water partition coefficient (Wildman–Crippen LogP) is 2.52. The van der Waals surface area contributed by atoms with E-state index < -0.39 is 6.03 Å². The Morgan fingerprint density at radius 3 is 2.61 bits per heavy atom. The van der Waals surface area contributed by atoms with Gasteiger partial charge in [-0.1, -0.05) is 12.1 Å². The molecule has 0 saturated heterocycles. The third-order valence-corrected chi connectivity index (χ3v) is 4.60. The van der Waals surface area contributed by atoms with Crippen LogP contribution in [0.5, 0.6) is 0 Å². The molecule has 1 aromatic heterocycles. The third kappa shape index (κ3) is 4.74. The fourth-order valence-corrected chi connectivity index (χ4v) is 3.17. The highest BCUT2D eigenvalue weighted by atomic mass is 32.1. The zero-order valence-electron chi connectivity index (χ0n) is 13.8. The number of nitrogens with one attached hydrogen (secondary N) is 2. The molecule has 0 fully saturated rings. The second-order valence-corrected chi connectivity index (χ2v) is 6.85. The van der Waals surface area contributed by atoms with Gasteiger partial charge in [-0.25, -0.2) is 9.78 Å². The maximum Gasteiger partial charge on any atom is 0.321 e. The zero-order chi connectivity index (χ0) is 17.0. The van der Waals surface area contributed by atoms with E-state index in [1.54, 1.807) is 11.3 Å². The quantitative estimate of drug-likeness (QED) is 0.881. The minimum Gasteiger partial charge on any atom is -0.336 e. The summed E-state index contributed by atoms with van der Waals surface area (Å²) < 4.78 is 1.13. The summed E-state index contributed by atoms with van der Waals surface area (Å²) in [7, 11) is 1.84. The number of hydrogen-bond acceptors (Lipinski definition) is 5. The lowest BCUT2D eigenvalue weighted by Gasteiger charge is -2.22. The number of carbonyl (C=O) groups is 2. The van der Waals surface area contributed by atoms with Gasteiger partial charge in [0.05, 0.1) is 22.8 Å². The van der Waals surface area contributed by atoms with Crippen LogP contribution in [-0.2, 0) is 4.79 Å². The van der Waals surface area contributed by atoms with Gasteiger partial charge in [0.1, 0.15) is 5.01 Å². The number of thiazole rings is 1. The van der Waals surface area contributed by atoms with Gasteiger partial charge in [-0.05, 0) is 40.0 Å². The molecule has 2 N–H and O–H groups in total. The summed E-state index contributed by atoms with van der Waals surface area (Å²) >= 11 is 1.62. The molecule has 23 heavy (non-hydrogen) atoms. The number of aromatic nitrogens is 1. The first kappa shape index (κ1) is 17.4. The van der Waals surface area contributed by atoms with Crippen LogP contribution in [0.15, 0.2) is 24.3 Å². The molecule has 0 aliphatic rings. The lowest BCUT2D eigenvalue weighted by atomic mass is 10.3. The molecular formula is C16H22N4O2S. The summed E-state index contributed by atoms with van der Waals surface area (Å²) in [4.78, 5) is 29.9. The van der Waals surface area contributed by atoms with Gasteiger partial charge < -0.3 is 5.32 Å². The van der Waals surface area contributed by atoms with Gasteiger partial charge in [0.25, 0.3) is 0 Å². The lowest BCUT2D eigenvalue weighted by molar-refractivity contribution is -0.121. The van der Waals surface area contributed by atoms with Crippen molar-refractivity contribution in [2.75, 3.05) is 13.6 Å². The van der Waals surface area contributed by atoms with Crippen LogP contribution in [0.3, 0.4) is 0 Å². The maximum atomic E-state index is 11.9. The van der Waals surface area contributed by atoms with Crippen molar-refractivity contribution in [3.8, 4) is 0 Å². The number of rotatable bonds is 5. The van der Waals surface area contributed by atoms with E-state index in [9.17, 15) is 9.59 Å². The standard InChI is InChI=1S/C16H22N4O2S/c1-10(2)17-16(22)19-14(21)9-20(4)11(3)15-18-12-7-5-6-8-13(12)23-15/h5-8,10-11H,9H2,1-4H3,(H2,17,19,21,22)/t11-/m1/s1. The van der Waals surface area contributed by atoms with Crippen molar-refractivity contribution in [1.29, 1.82) is 0 Å². The summed E-state index contributed by atoms with van der Waals surface area (Å²) in [6.07, 6.45) is 0. The van der Waals surface area contributed by atoms with Crippen molar-refractivity contribution in [1.82, 2.24) is 20.5 Å². The van der Waals surface area contributed by atoms with Crippen LogP contribution in [0.4, 0.5) is 4.79 Å². The van der Waals surface area contributed by atoms with Crippen LogP contribution in [0, 0.1) is 0 Å². The lowest BCUT2D eigenvalue weighted by Crippen LogP contribution is -2.46. The van der Waals surface area contributed by atoms with Gasteiger partial charge >= 0.3 is 6.03 Å². The summed E-state index contributed by atoms with van der Waals surface area (Å²) in [5.41, 5.74) is 0.966. The number of carbonyl (C=O) groups excluding carboxylic acids is 2. The first-order chi connectivity index (χ1) is 10.9. The van der Waals surface area contributed by atoms with Gasteiger partial charge in [0.2, 0.25) is 5.91 Å². The SMILES string of the molecule is CC(C)NC(=O)NC(=O)CN(C)[C@H](C)c1nc2ccccc2s1. The number of hydrogen-bond donors (Lipinski definition) is 2. The average Bonchev–Trinajstić information content (AvgIpc) is 2.88. The Morgan fingerprint density at radius 1 is 1.26 bits per heavy atom. The fraction of sp³-hybridized carbons (Fsp3) is 0.438. The largest absolute Gasteiger partial charge is 0.336 e. The highest BCUT2D eigenvalue weighted by molar-refractivity contribution is 7.18. The number of benzene rings is 1. The van der Waals surface area contributed by atoms with Crippen molar-refractivity contribution in [3.05, 3.63) is 29.3 Å². The molecule has 1 atom stereocenters. The van der Waals surface area contributed by atoms with E-state index in [-0.39, 0.29) is 24.5 Å². The van der Waals surface area contributed by atoms with Crippen molar-refractivity contribution in [3.63, 3.8) is 0 Å². The van der Waals surface area contributed by atoms with Crippen LogP contribution in [0.25, 0.3) is 10.2 Å². The monoisotopic (exact) mass is 334 g/mol. The van der Waals surface area contributed by atoms with Gasteiger partial charge in [0.15, 0.2) is 0 Å². The van der Waals surface area contributed by atoms with Crippen LogP contribution in [-0.4, -0.2) is 41.5 Å². The average molecular weight is 334 g/mol. The molecule has 0 unspecified atom stereocenters. The molecule has 7 heteroatoms. The molecule has 0 aliphatic heterocycles. The predicted molar refractivity (Wildman–Crippen MR) is 92.5 cm³/mol. The Morgan fingerprint density at radius 2 is 1.96 bits per heavy atom. The van der Waals surface area contributed by atoms with Crippen molar-refractivity contribution >= 4 is 33.5 Å². The molecule has 1 aromatic carbocycles. The van der Waals surface area contributed by atoms with E-state index in [2.05, 4.69) is 15.6 Å². The molecule has 0 radical (unpaired) electrons. The van der Waals surface area contributed by atoms with Crippen LogP contribution >= 0.6 is 11.3 Å². The Hall–Kier alpha value is -1.99. The Labute approximate surface area is 139 Å². The van der Waals surface area contributed by atoms with Gasteiger partial charge in [-0.2, -0.15) is 0 Å². The molecule has 0 spiro atoms. The number of likely N-dealkylation sites (N-methyl/N-ethyl adjacent to an activating group) is 1. The van der Waals surface area contributed by atoms with E-state index in [0.717, 1.165) is 15.2 Å². The Kier molecular flexibility index (Phi) is 5.68. The summed E-state index contributed by atoms with van der Waals surface area (Å²) in [5.74, 6) is -0.335. The number of para-hydroxylation sites is 1. The van der Waals surface area contributed by atoms with Crippen LogP contribution in [0.2, 0.25) is 0 Å².